The van der Waals surface area contributed by atoms with Crippen LogP contribution in [0.2, 0.25) is 0 Å². The van der Waals surface area contributed by atoms with Gasteiger partial charge < -0.3 is 10.1 Å². The van der Waals surface area contributed by atoms with Gasteiger partial charge in [0.1, 0.15) is 5.75 Å². The van der Waals surface area contributed by atoms with Gasteiger partial charge in [-0.1, -0.05) is 36.4 Å². The number of amides is 1. The average Bonchev–Trinajstić information content (AvgIpc) is 2.64. The molecule has 0 aliphatic carbocycles. The molecule has 2 N–H and O–H groups in total. The minimum Gasteiger partial charge on any atom is -0.497 e. The fourth-order valence-electron chi connectivity index (χ4n) is 2.63. The Balaban J connectivity index is 2.00. The fraction of sp³-hybridized carbons (Fsp3) is 0.286. The summed E-state index contributed by atoms with van der Waals surface area (Å²) in [4.78, 5) is 12.1. The van der Waals surface area contributed by atoms with E-state index in [0.29, 0.717) is 11.3 Å². The van der Waals surface area contributed by atoms with E-state index in [1.165, 1.54) is 6.08 Å². The summed E-state index contributed by atoms with van der Waals surface area (Å²) in [6.45, 7) is 3.80. The van der Waals surface area contributed by atoms with Gasteiger partial charge in [-0.15, -0.1) is 0 Å². The quantitative estimate of drug-likeness (QED) is 0.632. The molecule has 0 saturated carbocycles. The third kappa shape index (κ3) is 7.17. The van der Waals surface area contributed by atoms with Gasteiger partial charge in [-0.25, -0.2) is 13.1 Å². The molecule has 0 saturated heterocycles. The molecule has 2 aromatic carbocycles. The summed E-state index contributed by atoms with van der Waals surface area (Å²) in [6.07, 6.45) is 3.13. The molecule has 0 bridgehead atoms. The zero-order valence-corrected chi connectivity index (χ0v) is 17.1. The van der Waals surface area contributed by atoms with Crippen molar-refractivity contribution in [3.8, 4) is 5.75 Å². The SMILES string of the molecule is COc1cccc(/C=C/C(=O)NCc2ccccc2CS(=O)(=O)NC(C)C)c1. The van der Waals surface area contributed by atoms with Gasteiger partial charge in [0.15, 0.2) is 0 Å². The van der Waals surface area contributed by atoms with Gasteiger partial charge in [0, 0.05) is 18.7 Å². The Morgan fingerprint density at radius 2 is 1.82 bits per heavy atom. The molecule has 0 aromatic heterocycles. The summed E-state index contributed by atoms with van der Waals surface area (Å²) >= 11 is 0. The Morgan fingerprint density at radius 1 is 1.11 bits per heavy atom. The molecule has 6 nitrogen and oxygen atoms in total. The van der Waals surface area contributed by atoms with Crippen molar-refractivity contribution in [3.05, 3.63) is 71.3 Å². The Labute approximate surface area is 166 Å². The monoisotopic (exact) mass is 402 g/mol. The van der Waals surface area contributed by atoms with Crippen LogP contribution in [0.15, 0.2) is 54.6 Å². The first-order valence-electron chi connectivity index (χ1n) is 8.96. The molecule has 2 aromatic rings. The zero-order valence-electron chi connectivity index (χ0n) is 16.3. The third-order valence-electron chi connectivity index (χ3n) is 3.85. The van der Waals surface area contributed by atoms with Crippen molar-refractivity contribution in [2.45, 2.75) is 32.2 Å². The molecule has 0 spiro atoms. The highest BCUT2D eigenvalue weighted by molar-refractivity contribution is 7.88. The van der Waals surface area contributed by atoms with Gasteiger partial charge in [0.2, 0.25) is 15.9 Å². The van der Waals surface area contributed by atoms with Gasteiger partial charge in [0.25, 0.3) is 0 Å². The summed E-state index contributed by atoms with van der Waals surface area (Å²) in [7, 11) is -1.85. The number of benzene rings is 2. The van der Waals surface area contributed by atoms with Crippen LogP contribution in [0.4, 0.5) is 0 Å². The van der Waals surface area contributed by atoms with Crippen molar-refractivity contribution < 1.29 is 17.9 Å². The number of hydrogen-bond acceptors (Lipinski definition) is 4. The number of nitrogens with one attached hydrogen (secondary N) is 2. The summed E-state index contributed by atoms with van der Waals surface area (Å²) in [5, 5.41) is 2.79. The van der Waals surface area contributed by atoms with Crippen LogP contribution in [0.5, 0.6) is 5.75 Å². The minimum atomic E-state index is -3.44. The van der Waals surface area contributed by atoms with Gasteiger partial charge in [0.05, 0.1) is 12.9 Å². The van der Waals surface area contributed by atoms with Crippen LogP contribution in [0, 0.1) is 0 Å². The predicted octanol–water partition coefficient (Wildman–Crippen LogP) is 2.85. The number of sulfonamides is 1. The summed E-state index contributed by atoms with van der Waals surface area (Å²) in [5.74, 6) is 0.324. The number of methoxy groups -OCH3 is 1. The van der Waals surface area contributed by atoms with Crippen LogP contribution in [0.1, 0.15) is 30.5 Å². The van der Waals surface area contributed by atoms with Crippen LogP contribution in [0.25, 0.3) is 6.08 Å². The van der Waals surface area contributed by atoms with E-state index in [9.17, 15) is 13.2 Å². The number of carbonyl (C=O) groups excluding carboxylic acids is 1. The van der Waals surface area contributed by atoms with E-state index in [-0.39, 0.29) is 24.2 Å². The highest BCUT2D eigenvalue weighted by atomic mass is 32.2. The van der Waals surface area contributed by atoms with Crippen LogP contribution in [-0.2, 0) is 27.1 Å². The molecule has 0 aliphatic rings. The molecule has 0 unspecified atom stereocenters. The average molecular weight is 403 g/mol. The van der Waals surface area contributed by atoms with Crippen molar-refractivity contribution in [2.24, 2.45) is 0 Å². The smallest absolute Gasteiger partial charge is 0.244 e. The van der Waals surface area contributed by atoms with Crippen LogP contribution in [-0.4, -0.2) is 27.5 Å². The van der Waals surface area contributed by atoms with Gasteiger partial charge in [-0.3, -0.25) is 4.79 Å². The Morgan fingerprint density at radius 3 is 2.50 bits per heavy atom. The van der Waals surface area contributed by atoms with E-state index in [1.54, 1.807) is 39.2 Å². The lowest BCUT2D eigenvalue weighted by Gasteiger charge is -2.13. The number of hydrogen-bond donors (Lipinski definition) is 2. The summed E-state index contributed by atoms with van der Waals surface area (Å²) < 4.78 is 32.1. The maximum Gasteiger partial charge on any atom is 0.244 e. The van der Waals surface area contributed by atoms with E-state index in [0.717, 1.165) is 11.1 Å². The first kappa shape index (κ1) is 21.7. The molecular formula is C21H26N2O4S. The second-order valence-corrected chi connectivity index (χ2v) is 8.38. The first-order chi connectivity index (χ1) is 13.3. The first-order valence-corrected chi connectivity index (χ1v) is 10.6. The summed E-state index contributed by atoms with van der Waals surface area (Å²) in [5.41, 5.74) is 2.27. The molecule has 2 rings (SSSR count). The van der Waals surface area contributed by atoms with Crippen molar-refractivity contribution in [2.75, 3.05) is 7.11 Å². The highest BCUT2D eigenvalue weighted by Crippen LogP contribution is 2.14. The maximum atomic E-state index is 12.2. The molecule has 0 atom stereocenters. The van der Waals surface area contributed by atoms with E-state index in [2.05, 4.69) is 10.0 Å². The number of rotatable bonds is 9. The Bertz CT molecular complexity index is 937. The molecule has 0 fully saturated rings. The normalized spacial score (nSPS) is 11.7. The lowest BCUT2D eigenvalue weighted by Crippen LogP contribution is -2.31. The third-order valence-corrected chi connectivity index (χ3v) is 5.37. The number of ether oxygens (including phenoxy) is 1. The maximum absolute atomic E-state index is 12.2. The second kappa shape index (κ2) is 10.1. The Hall–Kier alpha value is -2.64. The van der Waals surface area contributed by atoms with E-state index >= 15 is 0 Å². The van der Waals surface area contributed by atoms with Gasteiger partial charge >= 0.3 is 0 Å². The predicted molar refractivity (Wildman–Crippen MR) is 111 cm³/mol. The molecule has 1 amide bonds. The van der Waals surface area contributed by atoms with E-state index < -0.39 is 10.0 Å². The number of carbonyl (C=O) groups is 1. The molecule has 150 valence electrons. The van der Waals surface area contributed by atoms with Crippen molar-refractivity contribution in [1.29, 1.82) is 0 Å². The van der Waals surface area contributed by atoms with Crippen LogP contribution < -0.4 is 14.8 Å². The lowest BCUT2D eigenvalue weighted by atomic mass is 10.1. The topological polar surface area (TPSA) is 84.5 Å². The molecule has 0 aliphatic heterocycles. The van der Waals surface area contributed by atoms with Crippen molar-refractivity contribution >= 4 is 22.0 Å². The fourth-order valence-corrected chi connectivity index (χ4v) is 4.13. The summed E-state index contributed by atoms with van der Waals surface area (Å²) in [6, 6.07) is 14.4. The lowest BCUT2D eigenvalue weighted by molar-refractivity contribution is -0.116. The zero-order chi connectivity index (χ0) is 20.6. The highest BCUT2D eigenvalue weighted by Gasteiger charge is 2.15. The van der Waals surface area contributed by atoms with Gasteiger partial charge in [-0.2, -0.15) is 0 Å². The van der Waals surface area contributed by atoms with Crippen molar-refractivity contribution in [1.82, 2.24) is 10.0 Å². The Kier molecular flexibility index (Phi) is 7.78. The van der Waals surface area contributed by atoms with Crippen LogP contribution in [0.3, 0.4) is 0 Å². The van der Waals surface area contributed by atoms with Crippen LogP contribution >= 0.6 is 0 Å². The molecular weight excluding hydrogens is 376 g/mol. The minimum absolute atomic E-state index is 0.128. The second-order valence-electron chi connectivity index (χ2n) is 6.63. The molecule has 0 radical (unpaired) electrons. The molecule has 7 heteroatoms. The molecule has 28 heavy (non-hydrogen) atoms. The van der Waals surface area contributed by atoms with Gasteiger partial charge in [-0.05, 0) is 48.7 Å². The van der Waals surface area contributed by atoms with E-state index in [4.69, 9.17) is 4.74 Å². The standard InChI is InChI=1S/C21H26N2O4S/c1-16(2)23-28(25,26)15-19-9-5-4-8-18(19)14-22-21(24)12-11-17-7-6-10-20(13-17)27-3/h4-13,16,23H,14-15H2,1-3H3,(H,22,24)/b12-11+. The van der Waals surface area contributed by atoms with Crippen molar-refractivity contribution in [3.63, 3.8) is 0 Å². The van der Waals surface area contributed by atoms with E-state index in [1.807, 2.05) is 36.4 Å². The largest absolute Gasteiger partial charge is 0.497 e. The molecule has 0 heterocycles.